The fraction of sp³-hybridized carbons (Fsp3) is 0.727. The maximum absolute atomic E-state index is 5.85. The van der Waals surface area contributed by atoms with E-state index >= 15 is 0 Å². The van der Waals surface area contributed by atoms with Crippen LogP contribution >= 0.6 is 27.5 Å². The maximum atomic E-state index is 5.85. The molecule has 86 valence electrons. The summed E-state index contributed by atoms with van der Waals surface area (Å²) < 4.78 is 3.25. The summed E-state index contributed by atoms with van der Waals surface area (Å²) in [5, 5.41) is 4.56. The van der Waals surface area contributed by atoms with Crippen molar-refractivity contribution in [3.8, 4) is 0 Å². The van der Waals surface area contributed by atoms with Crippen molar-refractivity contribution in [2.24, 2.45) is 5.92 Å². The van der Waals surface area contributed by atoms with E-state index in [1.165, 1.54) is 10.2 Å². The molecular weight excluding hydrogens is 275 g/mol. The first-order chi connectivity index (χ1) is 7.13. The quantitative estimate of drug-likeness (QED) is 0.758. The molecule has 0 aliphatic carbocycles. The Morgan fingerprint density at radius 3 is 2.60 bits per heavy atom. The van der Waals surface area contributed by atoms with Gasteiger partial charge >= 0.3 is 0 Å². The van der Waals surface area contributed by atoms with Crippen molar-refractivity contribution >= 4 is 27.5 Å². The fourth-order valence-corrected chi connectivity index (χ4v) is 2.43. The second kappa shape index (κ2) is 5.90. The molecule has 0 fully saturated rings. The van der Waals surface area contributed by atoms with Gasteiger partial charge in [0.1, 0.15) is 0 Å². The monoisotopic (exact) mass is 292 g/mol. The van der Waals surface area contributed by atoms with Gasteiger partial charge in [-0.25, -0.2) is 0 Å². The molecule has 0 amide bonds. The van der Waals surface area contributed by atoms with Crippen LogP contribution in [0, 0.1) is 5.92 Å². The van der Waals surface area contributed by atoms with Gasteiger partial charge in [0.25, 0.3) is 0 Å². The van der Waals surface area contributed by atoms with Gasteiger partial charge in [-0.05, 0) is 41.6 Å². The van der Waals surface area contributed by atoms with Crippen molar-refractivity contribution in [2.75, 3.05) is 5.88 Å². The molecule has 1 atom stereocenters. The molecule has 0 N–H and O–H groups in total. The lowest BCUT2D eigenvalue weighted by molar-refractivity contribution is 0.562. The second-order valence-electron chi connectivity index (χ2n) is 3.84. The van der Waals surface area contributed by atoms with Gasteiger partial charge in [-0.2, -0.15) is 5.10 Å². The minimum Gasteiger partial charge on any atom is -0.268 e. The number of nitrogens with zero attached hydrogens (tertiary/aromatic N) is 2. The highest BCUT2D eigenvalue weighted by atomic mass is 79.9. The summed E-state index contributed by atoms with van der Waals surface area (Å²) in [6.45, 7) is 7.33. The van der Waals surface area contributed by atoms with E-state index in [-0.39, 0.29) is 0 Å². The number of hydrogen-bond donors (Lipinski definition) is 0. The molecule has 1 aromatic heterocycles. The zero-order chi connectivity index (χ0) is 11.4. The molecule has 2 nitrogen and oxygen atoms in total. The lowest BCUT2D eigenvalue weighted by Crippen LogP contribution is -2.08. The minimum absolute atomic E-state index is 0.495. The topological polar surface area (TPSA) is 17.8 Å². The van der Waals surface area contributed by atoms with Gasteiger partial charge in [-0.15, -0.1) is 11.6 Å². The first-order valence-corrected chi connectivity index (χ1v) is 6.76. The van der Waals surface area contributed by atoms with E-state index in [4.69, 9.17) is 11.6 Å². The number of halogens is 2. The molecule has 1 unspecified atom stereocenters. The van der Waals surface area contributed by atoms with Crippen molar-refractivity contribution in [2.45, 2.75) is 40.2 Å². The fourth-order valence-electron chi connectivity index (χ4n) is 1.60. The second-order valence-corrected chi connectivity index (χ2v) is 4.94. The van der Waals surface area contributed by atoms with Crippen LogP contribution < -0.4 is 0 Å². The number of alkyl halides is 1. The van der Waals surface area contributed by atoms with E-state index < -0.39 is 0 Å². The average Bonchev–Trinajstić information content (AvgIpc) is 2.55. The zero-order valence-corrected chi connectivity index (χ0v) is 11.9. The van der Waals surface area contributed by atoms with Crippen molar-refractivity contribution < 1.29 is 0 Å². The number of rotatable bonds is 5. The Balaban J connectivity index is 2.97. The Labute approximate surface area is 105 Å². The molecule has 1 aromatic rings. The van der Waals surface area contributed by atoms with E-state index in [0.717, 1.165) is 25.1 Å². The third-order valence-electron chi connectivity index (χ3n) is 2.50. The largest absolute Gasteiger partial charge is 0.268 e. The lowest BCUT2D eigenvalue weighted by Gasteiger charge is -2.09. The van der Waals surface area contributed by atoms with E-state index in [1.54, 1.807) is 0 Å². The highest BCUT2D eigenvalue weighted by molar-refractivity contribution is 9.10. The Morgan fingerprint density at radius 1 is 1.47 bits per heavy atom. The van der Waals surface area contributed by atoms with Crippen molar-refractivity contribution in [1.82, 2.24) is 9.78 Å². The highest BCUT2D eigenvalue weighted by Gasteiger charge is 2.15. The van der Waals surface area contributed by atoms with Crippen LogP contribution in [0.2, 0.25) is 0 Å². The van der Waals surface area contributed by atoms with Gasteiger partial charge in [0, 0.05) is 12.4 Å². The predicted octanol–water partition coefficient (Wildman–Crippen LogP) is 3.65. The SMILES string of the molecule is CCc1nn(CC)c(CC(C)CCl)c1Br. The number of aromatic nitrogens is 2. The number of hydrogen-bond acceptors (Lipinski definition) is 1. The number of aryl methyl sites for hydroxylation is 2. The van der Waals surface area contributed by atoms with Crippen LogP contribution in [-0.2, 0) is 19.4 Å². The molecule has 0 aliphatic rings. The zero-order valence-electron chi connectivity index (χ0n) is 9.56. The third-order valence-corrected chi connectivity index (χ3v) is 3.94. The average molecular weight is 294 g/mol. The Hall–Kier alpha value is -0.0200. The standard InChI is InChI=1S/C11H18BrClN2/c1-4-9-11(12)10(6-8(3)7-13)15(5-2)14-9/h8H,4-7H2,1-3H3. The molecule has 0 aromatic carbocycles. The van der Waals surface area contributed by atoms with Gasteiger partial charge in [0.05, 0.1) is 15.9 Å². The van der Waals surface area contributed by atoms with Crippen LogP contribution in [0.15, 0.2) is 4.47 Å². The van der Waals surface area contributed by atoms with Crippen molar-refractivity contribution in [1.29, 1.82) is 0 Å². The van der Waals surface area contributed by atoms with Gasteiger partial charge in [0.15, 0.2) is 0 Å². The summed E-state index contributed by atoms with van der Waals surface area (Å²) >= 11 is 9.48. The van der Waals surface area contributed by atoms with Gasteiger partial charge in [0.2, 0.25) is 0 Å². The smallest absolute Gasteiger partial charge is 0.0766 e. The van der Waals surface area contributed by atoms with Crippen LogP contribution in [0.25, 0.3) is 0 Å². The maximum Gasteiger partial charge on any atom is 0.0766 e. The van der Waals surface area contributed by atoms with Crippen molar-refractivity contribution in [3.05, 3.63) is 15.9 Å². The summed E-state index contributed by atoms with van der Waals surface area (Å²) in [5.41, 5.74) is 2.43. The first-order valence-electron chi connectivity index (χ1n) is 5.43. The molecular formula is C11H18BrClN2. The predicted molar refractivity (Wildman–Crippen MR) is 68.6 cm³/mol. The van der Waals surface area contributed by atoms with Crippen LogP contribution in [0.3, 0.4) is 0 Å². The molecule has 0 saturated carbocycles. The summed E-state index contributed by atoms with van der Waals surface area (Å²) in [6.07, 6.45) is 1.96. The summed E-state index contributed by atoms with van der Waals surface area (Å²) in [6, 6.07) is 0. The van der Waals surface area contributed by atoms with E-state index in [9.17, 15) is 0 Å². The van der Waals surface area contributed by atoms with Crippen molar-refractivity contribution in [3.63, 3.8) is 0 Å². The first kappa shape index (κ1) is 13.0. The van der Waals surface area contributed by atoms with Gasteiger partial charge in [-0.1, -0.05) is 13.8 Å². The van der Waals surface area contributed by atoms with E-state index in [2.05, 4.69) is 46.5 Å². The Bertz CT molecular complexity index is 323. The molecule has 0 spiro atoms. The van der Waals surface area contributed by atoms with Crippen LogP contribution in [-0.4, -0.2) is 15.7 Å². The molecule has 15 heavy (non-hydrogen) atoms. The summed E-state index contributed by atoms with van der Waals surface area (Å²) in [5.74, 6) is 1.19. The molecule has 0 aliphatic heterocycles. The van der Waals surface area contributed by atoms with Gasteiger partial charge in [-0.3, -0.25) is 4.68 Å². The van der Waals surface area contributed by atoms with E-state index in [1.807, 2.05) is 0 Å². The molecule has 0 saturated heterocycles. The van der Waals surface area contributed by atoms with Crippen LogP contribution in [0.1, 0.15) is 32.2 Å². The molecule has 4 heteroatoms. The lowest BCUT2D eigenvalue weighted by atomic mass is 10.1. The Morgan fingerprint density at radius 2 is 2.13 bits per heavy atom. The normalized spacial score (nSPS) is 13.1. The Kier molecular flexibility index (Phi) is 5.13. The van der Waals surface area contributed by atoms with Crippen LogP contribution in [0.5, 0.6) is 0 Å². The molecule has 1 rings (SSSR count). The molecule has 1 heterocycles. The summed E-state index contributed by atoms with van der Waals surface area (Å²) in [7, 11) is 0. The van der Waals surface area contributed by atoms with Crippen LogP contribution in [0.4, 0.5) is 0 Å². The third kappa shape index (κ3) is 2.97. The molecule has 0 radical (unpaired) electrons. The van der Waals surface area contributed by atoms with Gasteiger partial charge < -0.3 is 0 Å². The van der Waals surface area contributed by atoms with E-state index in [0.29, 0.717) is 11.8 Å². The highest BCUT2D eigenvalue weighted by Crippen LogP contribution is 2.25. The minimum atomic E-state index is 0.495. The summed E-state index contributed by atoms with van der Waals surface area (Å²) in [4.78, 5) is 0. The molecule has 0 bridgehead atoms.